The molecule has 0 spiro atoms. The summed E-state index contributed by atoms with van der Waals surface area (Å²) in [6.45, 7) is 2.08. The summed E-state index contributed by atoms with van der Waals surface area (Å²) in [5, 5.41) is 12.6. The van der Waals surface area contributed by atoms with Crippen LogP contribution in [0.4, 0.5) is 0 Å². The molecule has 0 radical (unpaired) electrons. The van der Waals surface area contributed by atoms with Crippen LogP contribution in [-0.4, -0.2) is 15.1 Å². The largest absolute Gasteiger partial charge is 0.494 e. The van der Waals surface area contributed by atoms with Gasteiger partial charge in [0.05, 0.1) is 16.8 Å². The Balaban J connectivity index is 1.71. The van der Waals surface area contributed by atoms with E-state index in [0.29, 0.717) is 0 Å². The summed E-state index contributed by atoms with van der Waals surface area (Å²) >= 11 is 0. The van der Waals surface area contributed by atoms with E-state index in [-0.39, 0.29) is 5.88 Å². The Morgan fingerprint density at radius 3 is 2.44 bits per heavy atom. The van der Waals surface area contributed by atoms with Gasteiger partial charge in [0.2, 0.25) is 0 Å². The van der Waals surface area contributed by atoms with E-state index in [1.165, 1.54) is 5.56 Å². The predicted octanol–water partition coefficient (Wildman–Crippen LogP) is 6.06. The van der Waals surface area contributed by atoms with Crippen molar-refractivity contribution in [3.8, 4) is 28.3 Å². The molecular formula is C24H18N2O. The van der Waals surface area contributed by atoms with Gasteiger partial charge in [-0.25, -0.2) is 4.98 Å². The van der Waals surface area contributed by atoms with Crippen molar-refractivity contribution in [1.29, 1.82) is 0 Å². The second-order valence-corrected chi connectivity index (χ2v) is 6.86. The first kappa shape index (κ1) is 15.6. The molecule has 27 heavy (non-hydrogen) atoms. The molecule has 3 aromatic carbocycles. The van der Waals surface area contributed by atoms with E-state index in [0.717, 1.165) is 44.2 Å². The summed E-state index contributed by atoms with van der Waals surface area (Å²) < 4.78 is 0. The molecule has 0 unspecified atom stereocenters. The molecule has 5 rings (SSSR count). The Morgan fingerprint density at radius 2 is 1.59 bits per heavy atom. The fraction of sp³-hybridized carbons (Fsp3) is 0.0417. The minimum absolute atomic E-state index is 0.147. The first-order valence-corrected chi connectivity index (χ1v) is 8.97. The van der Waals surface area contributed by atoms with Gasteiger partial charge in [-0.05, 0) is 42.3 Å². The van der Waals surface area contributed by atoms with E-state index >= 15 is 0 Å². The maximum absolute atomic E-state index is 10.6. The molecule has 0 saturated carbocycles. The van der Waals surface area contributed by atoms with Crippen molar-refractivity contribution in [3.63, 3.8) is 0 Å². The second-order valence-electron chi connectivity index (χ2n) is 6.86. The van der Waals surface area contributed by atoms with Crippen LogP contribution in [0.1, 0.15) is 5.56 Å². The summed E-state index contributed by atoms with van der Waals surface area (Å²) in [6.07, 6.45) is 0. The fourth-order valence-electron chi connectivity index (χ4n) is 3.57. The van der Waals surface area contributed by atoms with Gasteiger partial charge in [0, 0.05) is 16.3 Å². The van der Waals surface area contributed by atoms with Gasteiger partial charge >= 0.3 is 0 Å². The van der Waals surface area contributed by atoms with Gasteiger partial charge in [-0.1, -0.05) is 60.2 Å². The molecule has 0 saturated heterocycles. The minimum Gasteiger partial charge on any atom is -0.494 e. The lowest BCUT2D eigenvalue weighted by molar-refractivity contribution is 0.460. The summed E-state index contributed by atoms with van der Waals surface area (Å²) in [5.74, 6) is 0.147. The van der Waals surface area contributed by atoms with E-state index in [1.54, 1.807) is 0 Å². The number of aromatic hydroxyl groups is 1. The highest BCUT2D eigenvalue weighted by Gasteiger charge is 2.15. The third-order valence-electron chi connectivity index (χ3n) is 5.02. The molecule has 0 aliphatic carbocycles. The van der Waals surface area contributed by atoms with Crippen LogP contribution in [-0.2, 0) is 0 Å². The van der Waals surface area contributed by atoms with Crippen LogP contribution in [0.15, 0.2) is 78.9 Å². The Morgan fingerprint density at radius 1 is 0.815 bits per heavy atom. The van der Waals surface area contributed by atoms with Gasteiger partial charge in [-0.2, -0.15) is 0 Å². The quantitative estimate of drug-likeness (QED) is 0.406. The molecule has 0 amide bonds. The maximum Gasteiger partial charge on any atom is 0.199 e. The SMILES string of the molecule is Cc1ccc(-c2ccc3[nH]c(O)c(-c4ccc5ccccc5n4)c3c2)cc1. The van der Waals surface area contributed by atoms with Crippen LogP contribution in [0.3, 0.4) is 0 Å². The first-order chi connectivity index (χ1) is 13.2. The number of pyridine rings is 1. The molecule has 2 heterocycles. The molecule has 3 heteroatoms. The van der Waals surface area contributed by atoms with Crippen LogP contribution >= 0.6 is 0 Å². The average molecular weight is 350 g/mol. The number of H-pyrrole nitrogens is 1. The van der Waals surface area contributed by atoms with Crippen molar-refractivity contribution < 1.29 is 5.11 Å². The van der Waals surface area contributed by atoms with Crippen LogP contribution in [0.2, 0.25) is 0 Å². The Bertz CT molecular complexity index is 1280. The molecule has 0 bridgehead atoms. The highest BCUT2D eigenvalue weighted by atomic mass is 16.3. The number of aromatic nitrogens is 2. The topological polar surface area (TPSA) is 48.9 Å². The second kappa shape index (κ2) is 5.99. The van der Waals surface area contributed by atoms with Gasteiger partial charge in [0.1, 0.15) is 0 Å². The first-order valence-electron chi connectivity index (χ1n) is 8.97. The predicted molar refractivity (Wildman–Crippen MR) is 111 cm³/mol. The lowest BCUT2D eigenvalue weighted by Gasteiger charge is -2.05. The molecular weight excluding hydrogens is 332 g/mol. The zero-order valence-electron chi connectivity index (χ0n) is 14.9. The number of aromatic amines is 1. The van der Waals surface area contributed by atoms with E-state index in [9.17, 15) is 5.11 Å². The van der Waals surface area contributed by atoms with Crippen molar-refractivity contribution in [2.45, 2.75) is 6.92 Å². The van der Waals surface area contributed by atoms with Crippen LogP contribution in [0, 0.1) is 6.92 Å². The van der Waals surface area contributed by atoms with E-state index in [1.807, 2.05) is 42.5 Å². The standard InChI is InChI=1S/C24H18N2O/c1-15-6-8-16(9-7-15)18-11-12-21-19(14-18)23(24(27)26-21)22-13-10-17-4-2-3-5-20(17)25-22/h2-14,26-27H,1H3. The van der Waals surface area contributed by atoms with Crippen LogP contribution < -0.4 is 0 Å². The molecule has 3 nitrogen and oxygen atoms in total. The molecule has 0 aliphatic heterocycles. The summed E-state index contributed by atoms with van der Waals surface area (Å²) in [4.78, 5) is 7.84. The molecule has 2 N–H and O–H groups in total. The van der Waals surface area contributed by atoms with Crippen molar-refractivity contribution in [2.75, 3.05) is 0 Å². The van der Waals surface area contributed by atoms with Gasteiger partial charge in [-0.15, -0.1) is 0 Å². The minimum atomic E-state index is 0.147. The van der Waals surface area contributed by atoms with Crippen molar-refractivity contribution in [3.05, 3.63) is 84.4 Å². The Labute approximate surface area is 156 Å². The Kier molecular flexibility index (Phi) is 3.47. The monoisotopic (exact) mass is 350 g/mol. The van der Waals surface area contributed by atoms with Crippen molar-refractivity contribution >= 4 is 21.8 Å². The highest BCUT2D eigenvalue weighted by molar-refractivity contribution is 6.01. The number of rotatable bonds is 2. The van der Waals surface area contributed by atoms with Gasteiger partial charge in [0.15, 0.2) is 5.88 Å². The number of fused-ring (bicyclic) bond motifs is 2. The smallest absolute Gasteiger partial charge is 0.199 e. The molecule has 130 valence electrons. The third-order valence-corrected chi connectivity index (χ3v) is 5.02. The average Bonchev–Trinajstić information content (AvgIpc) is 3.03. The normalized spacial score (nSPS) is 11.3. The number of nitrogens with one attached hydrogen (secondary N) is 1. The van der Waals surface area contributed by atoms with E-state index < -0.39 is 0 Å². The van der Waals surface area contributed by atoms with Crippen LogP contribution in [0.25, 0.3) is 44.2 Å². The van der Waals surface area contributed by atoms with Gasteiger partial charge in [0.25, 0.3) is 0 Å². The van der Waals surface area contributed by atoms with Crippen molar-refractivity contribution in [2.24, 2.45) is 0 Å². The van der Waals surface area contributed by atoms with E-state index in [2.05, 4.69) is 48.3 Å². The highest BCUT2D eigenvalue weighted by Crippen LogP contribution is 2.38. The number of hydrogen-bond acceptors (Lipinski definition) is 2. The molecule has 5 aromatic rings. The molecule has 2 aromatic heterocycles. The number of para-hydroxylation sites is 1. The summed E-state index contributed by atoms with van der Waals surface area (Å²) in [5.41, 5.74) is 6.82. The van der Waals surface area contributed by atoms with Gasteiger partial charge in [-0.3, -0.25) is 0 Å². The lowest BCUT2D eigenvalue weighted by atomic mass is 10.0. The zero-order valence-corrected chi connectivity index (χ0v) is 14.9. The van der Waals surface area contributed by atoms with E-state index in [4.69, 9.17) is 4.98 Å². The molecule has 0 aliphatic rings. The number of aryl methyl sites for hydroxylation is 1. The summed E-state index contributed by atoms with van der Waals surface area (Å²) in [6, 6.07) is 26.7. The number of benzene rings is 3. The third kappa shape index (κ3) is 2.64. The zero-order chi connectivity index (χ0) is 18.4. The maximum atomic E-state index is 10.6. The summed E-state index contributed by atoms with van der Waals surface area (Å²) in [7, 11) is 0. The number of hydrogen-bond donors (Lipinski definition) is 2. The molecule has 0 atom stereocenters. The van der Waals surface area contributed by atoms with Gasteiger partial charge < -0.3 is 10.1 Å². The van der Waals surface area contributed by atoms with Crippen molar-refractivity contribution in [1.82, 2.24) is 9.97 Å². The molecule has 0 fully saturated rings. The Hall–Kier alpha value is -3.59. The fourth-order valence-corrected chi connectivity index (χ4v) is 3.57. The van der Waals surface area contributed by atoms with Crippen LogP contribution in [0.5, 0.6) is 5.88 Å². The lowest BCUT2D eigenvalue weighted by Crippen LogP contribution is -1.85. The number of nitrogens with zero attached hydrogens (tertiary/aromatic N) is 1.